The van der Waals surface area contributed by atoms with Crippen LogP contribution in [-0.2, 0) is 4.79 Å². The molecule has 0 fully saturated rings. The average Bonchev–Trinajstić information content (AvgIpc) is 2.36. The molecule has 1 amide bonds. The van der Waals surface area contributed by atoms with E-state index in [1.54, 1.807) is 26.4 Å². The second-order valence-corrected chi connectivity index (χ2v) is 3.98. The maximum Gasteiger partial charge on any atom is 0.241 e. The molecule has 0 spiro atoms. The normalized spacial score (nSPS) is 10.4. The summed E-state index contributed by atoms with van der Waals surface area (Å²) < 4.78 is 0. The second-order valence-electron chi connectivity index (χ2n) is 3.98. The van der Waals surface area contributed by atoms with Gasteiger partial charge in [0.05, 0.1) is 6.21 Å². The molecule has 1 aromatic rings. The zero-order valence-corrected chi connectivity index (χ0v) is 10.8. The fourth-order valence-electron chi connectivity index (χ4n) is 1.40. The first kappa shape index (κ1) is 13.9. The Bertz CT molecular complexity index is 469. The summed E-state index contributed by atoms with van der Waals surface area (Å²) in [6, 6.07) is 5.50. The highest BCUT2D eigenvalue weighted by Gasteiger charge is 2.02. The van der Waals surface area contributed by atoms with E-state index < -0.39 is 0 Å². The van der Waals surface area contributed by atoms with Gasteiger partial charge in [0.15, 0.2) is 6.29 Å². The van der Waals surface area contributed by atoms with Gasteiger partial charge < -0.3 is 5.32 Å². The Morgan fingerprint density at radius 3 is 2.78 bits per heavy atom. The van der Waals surface area contributed by atoms with E-state index in [-0.39, 0.29) is 12.5 Å². The first-order chi connectivity index (χ1) is 8.56. The molecule has 0 radical (unpaired) electrons. The van der Waals surface area contributed by atoms with Crippen LogP contribution in [0.1, 0.15) is 21.5 Å². The summed E-state index contributed by atoms with van der Waals surface area (Å²) in [6.45, 7) is 2.12. The number of amides is 1. The van der Waals surface area contributed by atoms with Crippen LogP contribution < -0.4 is 5.32 Å². The van der Waals surface area contributed by atoms with Crippen LogP contribution in [0.3, 0.4) is 0 Å². The number of hydrazone groups is 1. The molecule has 1 rings (SSSR count). The predicted octanol–water partition coefficient (Wildman–Crippen LogP) is 0.819. The topological polar surface area (TPSA) is 61.8 Å². The Balaban J connectivity index is 2.80. The zero-order chi connectivity index (χ0) is 13.5. The molecule has 0 atom stereocenters. The highest BCUT2D eigenvalue weighted by molar-refractivity contribution is 5.92. The average molecular weight is 247 g/mol. The maximum absolute atomic E-state index is 11.1. The van der Waals surface area contributed by atoms with E-state index in [0.717, 1.165) is 17.4 Å². The number of likely N-dealkylation sites (N-methyl/N-ethyl adjacent to an activating group) is 2. The highest BCUT2D eigenvalue weighted by atomic mass is 16.2. The van der Waals surface area contributed by atoms with E-state index in [2.05, 4.69) is 10.4 Å². The number of hydrogen-bond acceptors (Lipinski definition) is 4. The van der Waals surface area contributed by atoms with Crippen molar-refractivity contribution in [3.05, 3.63) is 34.9 Å². The molecule has 18 heavy (non-hydrogen) atoms. The van der Waals surface area contributed by atoms with Gasteiger partial charge in [-0.05, 0) is 13.0 Å². The number of carbonyl (C=O) groups is 2. The second kappa shape index (κ2) is 6.54. The molecule has 0 bridgehead atoms. The van der Waals surface area contributed by atoms with Gasteiger partial charge in [0.1, 0.15) is 6.54 Å². The van der Waals surface area contributed by atoms with E-state index in [4.69, 9.17) is 0 Å². The van der Waals surface area contributed by atoms with Crippen LogP contribution in [0, 0.1) is 6.92 Å². The molecule has 0 aliphatic rings. The van der Waals surface area contributed by atoms with Crippen molar-refractivity contribution in [1.29, 1.82) is 0 Å². The van der Waals surface area contributed by atoms with Gasteiger partial charge >= 0.3 is 0 Å². The lowest BCUT2D eigenvalue weighted by Gasteiger charge is -2.11. The molecule has 5 nitrogen and oxygen atoms in total. The van der Waals surface area contributed by atoms with Crippen molar-refractivity contribution < 1.29 is 9.59 Å². The fraction of sp³-hybridized carbons (Fsp3) is 0.308. The van der Waals surface area contributed by atoms with Crippen LogP contribution in [-0.4, -0.2) is 44.1 Å². The van der Waals surface area contributed by atoms with Gasteiger partial charge in [0.2, 0.25) is 5.91 Å². The minimum absolute atomic E-state index is 0.116. The zero-order valence-electron chi connectivity index (χ0n) is 10.8. The van der Waals surface area contributed by atoms with Crippen molar-refractivity contribution in [2.24, 2.45) is 5.10 Å². The number of aryl methyl sites for hydroxylation is 1. The molecule has 0 aromatic heterocycles. The summed E-state index contributed by atoms with van der Waals surface area (Å²) in [6.07, 6.45) is 2.37. The van der Waals surface area contributed by atoms with Crippen molar-refractivity contribution in [3.63, 3.8) is 0 Å². The van der Waals surface area contributed by atoms with Crippen LogP contribution in [0.25, 0.3) is 0 Å². The van der Waals surface area contributed by atoms with Crippen LogP contribution in [0.15, 0.2) is 23.3 Å². The summed E-state index contributed by atoms with van der Waals surface area (Å²) in [5.74, 6) is -0.116. The Labute approximate surface area is 106 Å². The summed E-state index contributed by atoms with van der Waals surface area (Å²) in [5, 5.41) is 8.15. The number of rotatable bonds is 5. The van der Waals surface area contributed by atoms with E-state index in [0.29, 0.717) is 5.56 Å². The van der Waals surface area contributed by atoms with E-state index >= 15 is 0 Å². The molecule has 0 unspecified atom stereocenters. The third kappa shape index (κ3) is 4.01. The number of carbonyl (C=O) groups excluding carboxylic acids is 2. The molecule has 5 heteroatoms. The first-order valence-electron chi connectivity index (χ1n) is 5.58. The molecular formula is C13H17N3O2. The third-order valence-electron chi connectivity index (χ3n) is 2.41. The van der Waals surface area contributed by atoms with Crippen molar-refractivity contribution in [2.75, 3.05) is 20.6 Å². The predicted molar refractivity (Wildman–Crippen MR) is 70.9 cm³/mol. The molecule has 0 aliphatic carbocycles. The van der Waals surface area contributed by atoms with Crippen LogP contribution >= 0.6 is 0 Å². The highest BCUT2D eigenvalue weighted by Crippen LogP contribution is 2.07. The molecular weight excluding hydrogens is 230 g/mol. The standard InChI is InChI=1S/C13H17N3O2/c1-10-4-5-11(9-17)12(6-10)7-15-16(3)8-13(18)14-2/h4-7,9H,8H2,1-3H3,(H,14,18)/b15-7-. The third-order valence-corrected chi connectivity index (χ3v) is 2.41. The Morgan fingerprint density at radius 2 is 2.17 bits per heavy atom. The largest absolute Gasteiger partial charge is 0.358 e. The fourth-order valence-corrected chi connectivity index (χ4v) is 1.40. The SMILES string of the molecule is CNC(=O)CN(C)/N=C\c1cc(C)ccc1C=O. The lowest BCUT2D eigenvalue weighted by atomic mass is 10.1. The van der Waals surface area contributed by atoms with Crippen LogP contribution in [0.4, 0.5) is 0 Å². The van der Waals surface area contributed by atoms with Gasteiger partial charge in [0, 0.05) is 25.2 Å². The van der Waals surface area contributed by atoms with Crippen molar-refractivity contribution in [1.82, 2.24) is 10.3 Å². The van der Waals surface area contributed by atoms with Gasteiger partial charge in [-0.25, -0.2) is 0 Å². The van der Waals surface area contributed by atoms with Gasteiger partial charge in [-0.15, -0.1) is 0 Å². The lowest BCUT2D eigenvalue weighted by Crippen LogP contribution is -2.30. The quantitative estimate of drug-likeness (QED) is 0.476. The number of hydrogen-bond donors (Lipinski definition) is 1. The van der Waals surface area contributed by atoms with Gasteiger partial charge in [-0.2, -0.15) is 5.10 Å². The summed E-state index contributed by atoms with van der Waals surface area (Å²) in [7, 11) is 3.27. The molecule has 1 N–H and O–H groups in total. The van der Waals surface area contributed by atoms with Crippen molar-refractivity contribution in [2.45, 2.75) is 6.92 Å². The number of nitrogens with zero attached hydrogens (tertiary/aromatic N) is 2. The first-order valence-corrected chi connectivity index (χ1v) is 5.58. The van der Waals surface area contributed by atoms with Crippen molar-refractivity contribution >= 4 is 18.4 Å². The Kier molecular flexibility index (Phi) is 5.05. The van der Waals surface area contributed by atoms with Gasteiger partial charge in [-0.1, -0.05) is 17.7 Å². The van der Waals surface area contributed by atoms with Crippen LogP contribution in [0.2, 0.25) is 0 Å². The van der Waals surface area contributed by atoms with Crippen molar-refractivity contribution in [3.8, 4) is 0 Å². The number of benzene rings is 1. The maximum atomic E-state index is 11.1. The minimum atomic E-state index is -0.116. The van der Waals surface area contributed by atoms with E-state index in [9.17, 15) is 9.59 Å². The molecule has 0 aliphatic heterocycles. The molecule has 0 heterocycles. The molecule has 0 saturated carbocycles. The molecule has 0 saturated heterocycles. The summed E-state index contributed by atoms with van der Waals surface area (Å²) in [5.41, 5.74) is 2.38. The number of aldehydes is 1. The summed E-state index contributed by atoms with van der Waals surface area (Å²) in [4.78, 5) is 22.0. The Morgan fingerprint density at radius 1 is 1.44 bits per heavy atom. The summed E-state index contributed by atoms with van der Waals surface area (Å²) >= 11 is 0. The number of nitrogens with one attached hydrogen (secondary N) is 1. The Hall–Kier alpha value is -2.17. The van der Waals surface area contributed by atoms with E-state index in [1.807, 2.05) is 19.1 Å². The monoisotopic (exact) mass is 247 g/mol. The minimum Gasteiger partial charge on any atom is -0.358 e. The van der Waals surface area contributed by atoms with Gasteiger partial charge in [0.25, 0.3) is 0 Å². The van der Waals surface area contributed by atoms with Gasteiger partial charge in [-0.3, -0.25) is 14.6 Å². The molecule has 1 aromatic carbocycles. The smallest absolute Gasteiger partial charge is 0.241 e. The van der Waals surface area contributed by atoms with Crippen LogP contribution in [0.5, 0.6) is 0 Å². The van der Waals surface area contributed by atoms with E-state index in [1.165, 1.54) is 5.01 Å². The molecule has 96 valence electrons. The lowest BCUT2D eigenvalue weighted by molar-refractivity contribution is -0.121.